The van der Waals surface area contributed by atoms with Gasteiger partial charge in [0.25, 0.3) is 0 Å². The third-order valence-electron chi connectivity index (χ3n) is 18.1. The molecule has 7 aliphatic carbocycles. The maximum Gasteiger partial charge on any atom is 0.310 e. The summed E-state index contributed by atoms with van der Waals surface area (Å²) in [6.45, 7) is 9.19. The highest BCUT2D eigenvalue weighted by atomic mass is 16.7. The maximum atomic E-state index is 13.4. The number of allylic oxidation sites excluding steroid dienone is 3. The van der Waals surface area contributed by atoms with Gasteiger partial charge in [-0.15, -0.1) is 0 Å². The van der Waals surface area contributed by atoms with Crippen LogP contribution in [-0.2, 0) is 25.6 Å². The van der Waals surface area contributed by atoms with Crippen LogP contribution in [-0.4, -0.2) is 93.2 Å². The van der Waals surface area contributed by atoms with Gasteiger partial charge in [0.2, 0.25) is 0 Å². The lowest BCUT2D eigenvalue weighted by Gasteiger charge is -2.78. The van der Waals surface area contributed by atoms with E-state index in [0.717, 1.165) is 44.1 Å². The molecule has 10 nitrogen and oxygen atoms in total. The SMILES string of the molecule is C[C@@]1(CO)CC[C@@]2(C(=O)O)CC[C@@]3(C)C(=C[C@H]4CCC[C@@]35C[C@@H]3C=C[C@@H]6[C@@H](OCc7ccccc7)[C@@H](O[C@H]7OC[C@@H](O)[C@H](O)[C@H]7O)[C@@](C)(CO)[C@@H]3[C@]6(C)[C@@H]45)[C@@H]2C1. The highest BCUT2D eigenvalue weighted by molar-refractivity contribution is 5.76. The number of fused-ring (bicyclic) bond motifs is 3. The summed E-state index contributed by atoms with van der Waals surface area (Å²) in [4.78, 5) is 13.4. The van der Waals surface area contributed by atoms with E-state index >= 15 is 0 Å². The smallest absolute Gasteiger partial charge is 0.310 e. The summed E-state index contributed by atoms with van der Waals surface area (Å²) in [5, 5.41) is 65.5. The molecule has 308 valence electrons. The van der Waals surface area contributed by atoms with E-state index in [2.05, 4.69) is 45.9 Å². The van der Waals surface area contributed by atoms with E-state index in [1.165, 1.54) is 5.57 Å². The van der Waals surface area contributed by atoms with Crippen LogP contribution >= 0.6 is 0 Å². The number of hydrogen-bond donors (Lipinski definition) is 6. The minimum atomic E-state index is -1.48. The Hall–Kier alpha value is -2.15. The zero-order chi connectivity index (χ0) is 39.6. The first-order chi connectivity index (χ1) is 26.6. The first-order valence-corrected chi connectivity index (χ1v) is 21.4. The molecule has 1 aromatic carbocycles. The van der Waals surface area contributed by atoms with Gasteiger partial charge in [-0.1, -0.05) is 88.2 Å². The number of aliphatic hydroxyl groups is 5. The molecule has 1 heterocycles. The van der Waals surface area contributed by atoms with Crippen LogP contribution in [0.3, 0.4) is 0 Å². The number of ether oxygens (including phenoxy) is 3. The van der Waals surface area contributed by atoms with Crippen molar-refractivity contribution in [2.45, 2.75) is 129 Å². The quantitative estimate of drug-likeness (QED) is 0.152. The van der Waals surface area contributed by atoms with Gasteiger partial charge in [-0.25, -0.2) is 0 Å². The first kappa shape index (κ1) is 39.3. The highest BCUT2D eigenvalue weighted by Crippen LogP contribution is 2.82. The second-order valence-corrected chi connectivity index (χ2v) is 20.7. The van der Waals surface area contributed by atoms with Crippen LogP contribution in [0.1, 0.15) is 91.0 Å². The topological polar surface area (TPSA) is 166 Å². The van der Waals surface area contributed by atoms with Crippen LogP contribution in [0.5, 0.6) is 0 Å². The largest absolute Gasteiger partial charge is 0.481 e. The zero-order valence-electron chi connectivity index (χ0n) is 33.6. The van der Waals surface area contributed by atoms with Crippen molar-refractivity contribution in [1.29, 1.82) is 0 Å². The molecule has 1 aromatic rings. The summed E-state index contributed by atoms with van der Waals surface area (Å²) in [6.07, 6.45) is 8.29. The van der Waals surface area contributed by atoms with Crippen LogP contribution in [0, 0.1) is 68.0 Å². The van der Waals surface area contributed by atoms with Gasteiger partial charge >= 0.3 is 5.97 Å². The lowest BCUT2D eigenvalue weighted by molar-refractivity contribution is -0.351. The summed E-state index contributed by atoms with van der Waals surface area (Å²) in [6, 6.07) is 10.0. The lowest BCUT2D eigenvalue weighted by atomic mass is 9.26. The van der Waals surface area contributed by atoms with Crippen molar-refractivity contribution in [1.82, 2.24) is 0 Å². The van der Waals surface area contributed by atoms with Crippen LogP contribution in [0.25, 0.3) is 0 Å². The van der Waals surface area contributed by atoms with Crippen LogP contribution in [0.4, 0.5) is 0 Å². The summed E-state index contributed by atoms with van der Waals surface area (Å²) >= 11 is 0. The maximum absolute atomic E-state index is 13.4. The summed E-state index contributed by atoms with van der Waals surface area (Å²) < 4.78 is 19.8. The summed E-state index contributed by atoms with van der Waals surface area (Å²) in [5.74, 6) is -0.377. The minimum absolute atomic E-state index is 0.0147. The molecule has 6 fully saturated rings. The third-order valence-corrected chi connectivity index (χ3v) is 18.1. The van der Waals surface area contributed by atoms with E-state index in [-0.39, 0.29) is 77.0 Å². The van der Waals surface area contributed by atoms with Crippen LogP contribution in [0.2, 0.25) is 0 Å². The van der Waals surface area contributed by atoms with Gasteiger partial charge in [-0.2, -0.15) is 0 Å². The molecule has 10 heteroatoms. The number of aliphatic hydroxyl groups excluding tert-OH is 5. The van der Waals surface area contributed by atoms with Gasteiger partial charge in [-0.3, -0.25) is 4.79 Å². The van der Waals surface area contributed by atoms with Gasteiger partial charge in [0.1, 0.15) is 18.3 Å². The number of aliphatic carboxylic acids is 1. The number of benzene rings is 1. The van der Waals surface area contributed by atoms with E-state index in [4.69, 9.17) is 14.2 Å². The molecule has 56 heavy (non-hydrogen) atoms. The lowest BCUT2D eigenvalue weighted by Crippen LogP contribution is -2.76. The number of carbonyl (C=O) groups is 1. The van der Waals surface area contributed by atoms with Gasteiger partial charge < -0.3 is 44.8 Å². The molecular formula is C46H64O10. The molecule has 6 N–H and O–H groups in total. The number of carboxylic acid groups (broad SMARTS) is 1. The van der Waals surface area contributed by atoms with Crippen molar-refractivity contribution < 1.29 is 49.6 Å². The summed E-state index contributed by atoms with van der Waals surface area (Å²) in [5.41, 5.74) is -0.291. The Bertz CT molecular complexity index is 1750. The average Bonchev–Trinajstić information content (AvgIpc) is 3.18. The fourth-order valence-corrected chi connectivity index (χ4v) is 15.5. The Labute approximate surface area is 331 Å². The molecule has 0 aromatic heterocycles. The fourth-order valence-electron chi connectivity index (χ4n) is 15.5. The van der Waals surface area contributed by atoms with Gasteiger partial charge in [0.05, 0.1) is 37.4 Å². The molecular weight excluding hydrogens is 712 g/mol. The molecule has 0 spiro atoms. The van der Waals surface area contributed by atoms with Crippen molar-refractivity contribution in [3.8, 4) is 0 Å². The van der Waals surface area contributed by atoms with E-state index in [9.17, 15) is 35.4 Å². The Morgan fingerprint density at radius 2 is 1.62 bits per heavy atom. The molecule has 0 unspecified atom stereocenters. The van der Waals surface area contributed by atoms with E-state index in [1.807, 2.05) is 30.3 Å². The monoisotopic (exact) mass is 776 g/mol. The molecule has 18 atom stereocenters. The van der Waals surface area contributed by atoms with E-state index < -0.39 is 53.6 Å². The van der Waals surface area contributed by atoms with Crippen molar-refractivity contribution in [2.75, 3.05) is 19.8 Å². The predicted octanol–water partition coefficient (Wildman–Crippen LogP) is 5.25. The predicted molar refractivity (Wildman–Crippen MR) is 206 cm³/mol. The highest BCUT2D eigenvalue weighted by Gasteiger charge is 2.78. The molecule has 1 aliphatic heterocycles. The van der Waals surface area contributed by atoms with Crippen molar-refractivity contribution in [3.63, 3.8) is 0 Å². The van der Waals surface area contributed by atoms with E-state index in [1.54, 1.807) is 0 Å². The Morgan fingerprint density at radius 3 is 2.34 bits per heavy atom. The van der Waals surface area contributed by atoms with Crippen molar-refractivity contribution >= 4 is 5.97 Å². The minimum Gasteiger partial charge on any atom is -0.481 e. The van der Waals surface area contributed by atoms with Crippen LogP contribution < -0.4 is 0 Å². The molecule has 0 radical (unpaired) electrons. The number of carboxylic acids is 1. The molecule has 8 aliphatic rings. The average molecular weight is 777 g/mol. The Morgan fingerprint density at radius 1 is 0.875 bits per heavy atom. The zero-order valence-corrected chi connectivity index (χ0v) is 33.6. The van der Waals surface area contributed by atoms with Gasteiger partial charge in [0.15, 0.2) is 6.29 Å². The number of hydrogen-bond acceptors (Lipinski definition) is 9. The molecule has 0 amide bonds. The molecule has 1 saturated heterocycles. The van der Waals surface area contributed by atoms with E-state index in [0.29, 0.717) is 25.9 Å². The molecule has 6 bridgehead atoms. The normalized spacial score (nSPS) is 52.9. The third kappa shape index (κ3) is 5.18. The fraction of sp³-hybridized carbons (Fsp3) is 0.761. The second-order valence-electron chi connectivity index (χ2n) is 20.7. The first-order valence-electron chi connectivity index (χ1n) is 21.4. The Balaban J connectivity index is 1.18. The molecule has 9 rings (SSSR count). The van der Waals surface area contributed by atoms with Crippen molar-refractivity contribution in [2.24, 2.45) is 68.0 Å². The van der Waals surface area contributed by atoms with Gasteiger partial charge in [-0.05, 0) is 108 Å². The van der Waals surface area contributed by atoms with Crippen LogP contribution in [0.15, 0.2) is 54.1 Å². The summed E-state index contributed by atoms with van der Waals surface area (Å²) in [7, 11) is 0. The Kier molecular flexibility index (Phi) is 9.43. The number of rotatable bonds is 8. The second kappa shape index (κ2) is 13.4. The van der Waals surface area contributed by atoms with Gasteiger partial charge in [0, 0.05) is 17.9 Å². The molecule has 5 saturated carbocycles. The van der Waals surface area contributed by atoms with Crippen molar-refractivity contribution in [3.05, 3.63) is 59.7 Å². The standard InChI is InChI=1S/C46H64O10/c1-41(24-47)15-17-45(40(52)53)18-16-43(3)30(31(45)21-41)19-27-11-8-14-46(43)20-28-12-13-29-35(54-22-26-9-6-5-7-10-26)38(56-39-34(51)33(50)32(49)23-55-39)42(2,25-48)36(28)44(29,4)37(27)46/h5-7,9-10,12-13,19,27-29,31-39,47-51H,8,11,14-18,20-25H2,1-4H3,(H,52,53)/t27-,28+,29-,31+,32-,33+,34-,35-,36-,37-,38-,39-,41-,42+,43+,44-,45-,46+/m1/s1.